The Morgan fingerprint density at radius 2 is 0.909 bits per heavy atom. The van der Waals surface area contributed by atoms with Crippen LogP contribution in [0.3, 0.4) is 0 Å². The summed E-state index contributed by atoms with van der Waals surface area (Å²) in [6.45, 7) is 4.67. The first-order chi connectivity index (χ1) is 27.0. The van der Waals surface area contributed by atoms with E-state index in [1.165, 1.54) is 33.4 Å². The number of para-hydroxylation sites is 1. The molecule has 0 N–H and O–H groups in total. The van der Waals surface area contributed by atoms with Gasteiger partial charge in [0.2, 0.25) is 0 Å². The van der Waals surface area contributed by atoms with Crippen molar-refractivity contribution in [3.8, 4) is 78.5 Å². The standard InChI is InChI=1S/C52H37N3/c1-52(2)44-21-11-9-18-42(44)49-41(20-13-22-45(49)52)35-26-28-37(29-27-35)48-33-40(32-47(53-48)36-14-5-3-6-15-36)34-24-30-39(31-25-34)51-54-46-23-12-10-19-43(46)50(55-51)38-16-7-4-8-17-38/h3-33H,1-2H3. The summed E-state index contributed by atoms with van der Waals surface area (Å²) in [5.74, 6) is 0.709. The van der Waals surface area contributed by atoms with E-state index in [1.807, 2.05) is 24.3 Å². The summed E-state index contributed by atoms with van der Waals surface area (Å²) < 4.78 is 0. The first-order valence-corrected chi connectivity index (χ1v) is 18.9. The summed E-state index contributed by atoms with van der Waals surface area (Å²) in [7, 11) is 0. The Labute approximate surface area is 321 Å². The minimum absolute atomic E-state index is 0.0358. The molecule has 0 amide bonds. The molecule has 10 rings (SSSR count). The maximum atomic E-state index is 5.22. The molecular formula is C52H37N3. The van der Waals surface area contributed by atoms with E-state index in [1.54, 1.807) is 0 Å². The molecular weight excluding hydrogens is 667 g/mol. The Kier molecular flexibility index (Phi) is 7.81. The fourth-order valence-corrected chi connectivity index (χ4v) is 8.25. The summed E-state index contributed by atoms with van der Waals surface area (Å²) >= 11 is 0. The number of pyridine rings is 1. The molecule has 0 saturated carbocycles. The van der Waals surface area contributed by atoms with Crippen LogP contribution in [0.25, 0.3) is 89.4 Å². The molecule has 0 radical (unpaired) electrons. The average molecular weight is 704 g/mol. The lowest BCUT2D eigenvalue weighted by Gasteiger charge is -2.21. The highest BCUT2D eigenvalue weighted by molar-refractivity contribution is 5.94. The molecule has 7 aromatic carbocycles. The highest BCUT2D eigenvalue weighted by Gasteiger charge is 2.36. The van der Waals surface area contributed by atoms with E-state index in [4.69, 9.17) is 15.0 Å². The fourth-order valence-electron chi connectivity index (χ4n) is 8.25. The molecule has 0 unspecified atom stereocenters. The second-order valence-electron chi connectivity index (χ2n) is 14.8. The van der Waals surface area contributed by atoms with Gasteiger partial charge in [0.25, 0.3) is 0 Å². The van der Waals surface area contributed by atoms with Crippen LogP contribution in [0.2, 0.25) is 0 Å². The smallest absolute Gasteiger partial charge is 0.160 e. The van der Waals surface area contributed by atoms with E-state index in [9.17, 15) is 0 Å². The van der Waals surface area contributed by atoms with Crippen molar-refractivity contribution in [1.82, 2.24) is 15.0 Å². The van der Waals surface area contributed by atoms with Gasteiger partial charge in [0.1, 0.15) is 0 Å². The van der Waals surface area contributed by atoms with Gasteiger partial charge >= 0.3 is 0 Å². The van der Waals surface area contributed by atoms with Crippen LogP contribution in [0.15, 0.2) is 188 Å². The Hall–Kier alpha value is -6.97. The zero-order valence-electron chi connectivity index (χ0n) is 30.7. The third-order valence-electron chi connectivity index (χ3n) is 11.1. The summed E-state index contributed by atoms with van der Waals surface area (Å²) in [4.78, 5) is 15.3. The van der Waals surface area contributed by atoms with Crippen LogP contribution in [-0.2, 0) is 5.41 Å². The number of hydrogen-bond donors (Lipinski definition) is 0. The third kappa shape index (κ3) is 5.73. The molecule has 0 fully saturated rings. The topological polar surface area (TPSA) is 38.7 Å². The van der Waals surface area contributed by atoms with Crippen molar-refractivity contribution in [1.29, 1.82) is 0 Å². The number of benzene rings is 7. The maximum absolute atomic E-state index is 5.22. The molecule has 0 aliphatic heterocycles. The molecule has 0 bridgehead atoms. The minimum Gasteiger partial charge on any atom is -0.248 e. The summed E-state index contributed by atoms with van der Waals surface area (Å²) in [6.07, 6.45) is 0. The van der Waals surface area contributed by atoms with Gasteiger partial charge in [0.15, 0.2) is 5.82 Å². The van der Waals surface area contributed by atoms with E-state index >= 15 is 0 Å². The Morgan fingerprint density at radius 1 is 0.364 bits per heavy atom. The lowest BCUT2D eigenvalue weighted by molar-refractivity contribution is 0.660. The van der Waals surface area contributed by atoms with Gasteiger partial charge in [-0.2, -0.15) is 0 Å². The van der Waals surface area contributed by atoms with Crippen LogP contribution < -0.4 is 0 Å². The van der Waals surface area contributed by atoms with Crippen molar-refractivity contribution in [3.05, 3.63) is 199 Å². The Bertz CT molecular complexity index is 2860. The SMILES string of the molecule is CC1(C)c2ccccc2-c2c(-c3ccc(-c4cc(-c5ccc(-c6nc(-c7ccccc7)c7ccccc7n6)cc5)cc(-c5ccccc5)n4)cc3)cccc21. The largest absolute Gasteiger partial charge is 0.248 e. The Balaban J connectivity index is 1.03. The predicted molar refractivity (Wildman–Crippen MR) is 228 cm³/mol. The highest BCUT2D eigenvalue weighted by Crippen LogP contribution is 2.52. The van der Waals surface area contributed by atoms with E-state index in [0.29, 0.717) is 5.82 Å². The van der Waals surface area contributed by atoms with Gasteiger partial charge in [-0.15, -0.1) is 0 Å². The molecule has 2 aromatic heterocycles. The van der Waals surface area contributed by atoms with Crippen LogP contribution in [0.5, 0.6) is 0 Å². The van der Waals surface area contributed by atoms with Gasteiger partial charge in [-0.05, 0) is 62.7 Å². The molecule has 1 aliphatic rings. The van der Waals surface area contributed by atoms with Crippen molar-refractivity contribution < 1.29 is 0 Å². The van der Waals surface area contributed by atoms with Gasteiger partial charge in [0.05, 0.1) is 22.6 Å². The quantitative estimate of drug-likeness (QED) is 0.173. The first-order valence-electron chi connectivity index (χ1n) is 18.9. The van der Waals surface area contributed by atoms with Crippen LogP contribution in [0.1, 0.15) is 25.0 Å². The van der Waals surface area contributed by atoms with Gasteiger partial charge < -0.3 is 0 Å². The zero-order valence-corrected chi connectivity index (χ0v) is 30.7. The second kappa shape index (κ2) is 13.2. The van der Waals surface area contributed by atoms with E-state index in [0.717, 1.165) is 61.4 Å². The number of hydrogen-bond acceptors (Lipinski definition) is 3. The highest BCUT2D eigenvalue weighted by atomic mass is 14.9. The zero-order chi connectivity index (χ0) is 36.9. The molecule has 9 aromatic rings. The van der Waals surface area contributed by atoms with Gasteiger partial charge in [-0.1, -0.05) is 184 Å². The van der Waals surface area contributed by atoms with Crippen molar-refractivity contribution in [2.24, 2.45) is 0 Å². The first kappa shape index (κ1) is 32.7. The molecule has 260 valence electrons. The van der Waals surface area contributed by atoms with Gasteiger partial charge in [-0.3, -0.25) is 0 Å². The van der Waals surface area contributed by atoms with Crippen LogP contribution in [0, 0.1) is 0 Å². The maximum Gasteiger partial charge on any atom is 0.160 e. The molecule has 0 saturated heterocycles. The summed E-state index contributed by atoms with van der Waals surface area (Å²) in [6, 6.07) is 66.5. The number of nitrogens with zero attached hydrogens (tertiary/aromatic N) is 3. The van der Waals surface area contributed by atoms with Crippen LogP contribution >= 0.6 is 0 Å². The lowest BCUT2D eigenvalue weighted by atomic mass is 9.82. The van der Waals surface area contributed by atoms with Crippen molar-refractivity contribution >= 4 is 10.9 Å². The molecule has 1 aliphatic carbocycles. The van der Waals surface area contributed by atoms with Crippen molar-refractivity contribution in [2.45, 2.75) is 19.3 Å². The van der Waals surface area contributed by atoms with Crippen molar-refractivity contribution in [2.75, 3.05) is 0 Å². The molecule has 3 nitrogen and oxygen atoms in total. The van der Waals surface area contributed by atoms with Crippen LogP contribution in [-0.4, -0.2) is 15.0 Å². The van der Waals surface area contributed by atoms with E-state index in [2.05, 4.69) is 178 Å². The average Bonchev–Trinajstić information content (AvgIpc) is 3.50. The normalized spacial score (nSPS) is 12.7. The fraction of sp³-hybridized carbons (Fsp3) is 0.0577. The molecule has 3 heteroatoms. The van der Waals surface area contributed by atoms with E-state index < -0.39 is 0 Å². The number of fused-ring (bicyclic) bond motifs is 4. The molecule has 55 heavy (non-hydrogen) atoms. The lowest BCUT2D eigenvalue weighted by Crippen LogP contribution is -2.14. The minimum atomic E-state index is -0.0358. The van der Waals surface area contributed by atoms with E-state index in [-0.39, 0.29) is 5.41 Å². The summed E-state index contributed by atoms with van der Waals surface area (Å²) in [5.41, 5.74) is 18.0. The Morgan fingerprint density at radius 3 is 1.65 bits per heavy atom. The monoisotopic (exact) mass is 703 g/mol. The molecule has 2 heterocycles. The number of aromatic nitrogens is 3. The molecule has 0 spiro atoms. The number of rotatable bonds is 6. The van der Waals surface area contributed by atoms with Gasteiger partial charge in [-0.25, -0.2) is 15.0 Å². The van der Waals surface area contributed by atoms with Crippen molar-refractivity contribution in [3.63, 3.8) is 0 Å². The van der Waals surface area contributed by atoms with Crippen LogP contribution in [0.4, 0.5) is 0 Å². The second-order valence-corrected chi connectivity index (χ2v) is 14.8. The molecule has 0 atom stereocenters. The summed E-state index contributed by atoms with van der Waals surface area (Å²) in [5, 5.41) is 1.04. The van der Waals surface area contributed by atoms with Gasteiger partial charge in [0, 0.05) is 33.1 Å². The predicted octanol–water partition coefficient (Wildman–Crippen LogP) is 13.3. The third-order valence-corrected chi connectivity index (χ3v) is 11.1.